The van der Waals surface area contributed by atoms with Crippen molar-refractivity contribution in [2.75, 3.05) is 0 Å². The van der Waals surface area contributed by atoms with Crippen molar-refractivity contribution in [2.45, 2.75) is 13.8 Å². The Morgan fingerprint density at radius 2 is 1.76 bits per heavy atom. The Morgan fingerprint density at radius 1 is 1.24 bits per heavy atom. The summed E-state index contributed by atoms with van der Waals surface area (Å²) in [5, 5.41) is 0.638. The van der Waals surface area contributed by atoms with E-state index >= 15 is 0 Å². The smallest absolute Gasteiger partial charge is 0.297 e. The number of hydrazine groups is 2. The molecule has 0 unspecified atom stereocenters. The topological polar surface area (TPSA) is 79.2 Å². The van der Waals surface area contributed by atoms with Crippen LogP contribution in [0, 0.1) is 0 Å². The van der Waals surface area contributed by atoms with Crippen molar-refractivity contribution in [3.63, 3.8) is 0 Å². The highest BCUT2D eigenvalue weighted by molar-refractivity contribution is 6.30. The summed E-state index contributed by atoms with van der Waals surface area (Å²) in [6.07, 6.45) is 0. The molecule has 6 heteroatoms. The van der Waals surface area contributed by atoms with E-state index < -0.39 is 6.03 Å². The molecule has 0 fully saturated rings. The van der Waals surface area contributed by atoms with Crippen LogP contribution >= 0.6 is 11.6 Å². The van der Waals surface area contributed by atoms with Gasteiger partial charge in [-0.2, -0.15) is 0 Å². The first kappa shape index (κ1) is 15.3. The lowest BCUT2D eigenvalue weighted by Gasteiger charge is -2.10. The summed E-state index contributed by atoms with van der Waals surface area (Å²) in [7, 11) is 0. The summed E-state index contributed by atoms with van der Waals surface area (Å²) in [6.45, 7) is 7.72. The Hall–Kier alpha value is -1.72. The van der Waals surface area contributed by atoms with E-state index in [1.54, 1.807) is 24.3 Å². The zero-order valence-electron chi connectivity index (χ0n) is 9.88. The zero-order chi connectivity index (χ0) is 13.3. The van der Waals surface area contributed by atoms with Crippen LogP contribution < -0.4 is 22.1 Å². The summed E-state index contributed by atoms with van der Waals surface area (Å²) in [4.78, 5) is 10.7. The van der Waals surface area contributed by atoms with E-state index in [-0.39, 0.29) is 0 Å². The molecule has 0 aliphatic carbocycles. The van der Waals surface area contributed by atoms with Gasteiger partial charge in [0.2, 0.25) is 0 Å². The van der Waals surface area contributed by atoms with Gasteiger partial charge in [-0.3, -0.25) is 16.3 Å². The minimum atomic E-state index is -0.551. The molecule has 5 nitrogen and oxygen atoms in total. The molecule has 0 aromatic heterocycles. The lowest BCUT2D eigenvalue weighted by atomic mass is 10.2. The number of nitrogens with two attached hydrogens (primary N) is 1. The maximum Gasteiger partial charge on any atom is 0.347 e. The van der Waals surface area contributed by atoms with Crippen molar-refractivity contribution in [3.8, 4) is 0 Å². The van der Waals surface area contributed by atoms with Crippen LogP contribution in [0.15, 0.2) is 30.8 Å². The van der Waals surface area contributed by atoms with Crippen molar-refractivity contribution in [2.24, 2.45) is 5.84 Å². The predicted molar refractivity (Wildman–Crippen MR) is 70.8 cm³/mol. The first-order valence-electron chi connectivity index (χ1n) is 5.11. The van der Waals surface area contributed by atoms with Crippen molar-refractivity contribution in [1.82, 2.24) is 16.3 Å². The fraction of sp³-hybridized carbons (Fsp3) is 0.182. The number of carbonyl (C=O) groups is 1. The number of amides is 2. The van der Waals surface area contributed by atoms with Crippen LogP contribution in [-0.2, 0) is 0 Å². The molecule has 0 saturated carbocycles. The van der Waals surface area contributed by atoms with Crippen LogP contribution in [0.5, 0.6) is 0 Å². The summed E-state index contributed by atoms with van der Waals surface area (Å²) in [6, 6.07) is 6.46. The standard InChI is InChI=1S/C9H11ClN4O.C2H6/c1-6(13-14-9(15)12-11)7-2-4-8(10)5-3-7;1-2/h2-5,13H,1,11H2,(H2,12,14,15);1-2H3. The van der Waals surface area contributed by atoms with Gasteiger partial charge in [0.25, 0.3) is 0 Å². The Balaban J connectivity index is 0.00000121. The fourth-order valence-electron chi connectivity index (χ4n) is 0.892. The highest BCUT2D eigenvalue weighted by Gasteiger charge is 1.99. The minimum Gasteiger partial charge on any atom is -0.297 e. The van der Waals surface area contributed by atoms with Gasteiger partial charge in [-0.05, 0) is 17.7 Å². The van der Waals surface area contributed by atoms with Crippen LogP contribution in [0.3, 0.4) is 0 Å². The summed E-state index contributed by atoms with van der Waals surface area (Å²) in [5.41, 5.74) is 8.14. The lowest BCUT2D eigenvalue weighted by molar-refractivity contribution is 0.239. The van der Waals surface area contributed by atoms with E-state index in [0.717, 1.165) is 5.56 Å². The SMILES string of the molecule is C=C(NNC(=O)NN)c1ccc(Cl)cc1.CC. The van der Waals surface area contributed by atoms with Crippen LogP contribution in [0.25, 0.3) is 5.70 Å². The molecule has 1 aromatic rings. The Bertz CT molecular complexity index is 364. The molecule has 1 aromatic carbocycles. The molecule has 0 atom stereocenters. The maximum absolute atomic E-state index is 10.7. The second kappa shape index (κ2) is 8.43. The predicted octanol–water partition coefficient (Wildman–Crippen LogP) is 2.01. The van der Waals surface area contributed by atoms with Crippen LogP contribution in [-0.4, -0.2) is 6.03 Å². The first-order valence-corrected chi connectivity index (χ1v) is 5.48. The van der Waals surface area contributed by atoms with Gasteiger partial charge in [0.05, 0.1) is 5.70 Å². The highest BCUT2D eigenvalue weighted by atomic mass is 35.5. The van der Waals surface area contributed by atoms with Gasteiger partial charge in [0.15, 0.2) is 0 Å². The molecular formula is C11H17ClN4O. The number of urea groups is 1. The average molecular weight is 257 g/mol. The van der Waals surface area contributed by atoms with E-state index in [2.05, 4.69) is 17.4 Å². The zero-order valence-corrected chi connectivity index (χ0v) is 10.6. The molecule has 5 N–H and O–H groups in total. The third kappa shape index (κ3) is 5.79. The molecular weight excluding hydrogens is 240 g/mol. The second-order valence-electron chi connectivity index (χ2n) is 2.71. The third-order valence-electron chi connectivity index (χ3n) is 1.65. The number of rotatable bonds is 3. The second-order valence-corrected chi connectivity index (χ2v) is 3.15. The van der Waals surface area contributed by atoms with E-state index in [1.165, 1.54) is 0 Å². The van der Waals surface area contributed by atoms with E-state index in [9.17, 15) is 4.79 Å². The Morgan fingerprint density at radius 3 is 2.24 bits per heavy atom. The van der Waals surface area contributed by atoms with Gasteiger partial charge in [-0.1, -0.05) is 44.2 Å². The number of hydrogen-bond acceptors (Lipinski definition) is 3. The summed E-state index contributed by atoms with van der Waals surface area (Å²) in [5.74, 6) is 4.87. The highest BCUT2D eigenvalue weighted by Crippen LogP contribution is 2.13. The summed E-state index contributed by atoms with van der Waals surface area (Å²) >= 11 is 5.72. The third-order valence-corrected chi connectivity index (χ3v) is 1.90. The number of benzene rings is 1. The molecule has 0 heterocycles. The first-order chi connectivity index (χ1) is 8.13. The van der Waals surface area contributed by atoms with Crippen molar-refractivity contribution < 1.29 is 4.79 Å². The normalized spacial score (nSPS) is 8.47. The van der Waals surface area contributed by atoms with E-state index in [1.807, 2.05) is 19.3 Å². The molecule has 2 amide bonds. The van der Waals surface area contributed by atoms with Crippen molar-refractivity contribution >= 4 is 23.3 Å². The van der Waals surface area contributed by atoms with E-state index in [0.29, 0.717) is 10.7 Å². The van der Waals surface area contributed by atoms with Gasteiger partial charge in [0, 0.05) is 5.02 Å². The van der Waals surface area contributed by atoms with Crippen molar-refractivity contribution in [1.29, 1.82) is 0 Å². The molecule has 0 spiro atoms. The number of carbonyl (C=O) groups excluding carboxylic acids is 1. The molecule has 94 valence electrons. The minimum absolute atomic E-state index is 0.537. The Kier molecular flexibility index (Phi) is 7.58. The van der Waals surface area contributed by atoms with E-state index in [4.69, 9.17) is 17.4 Å². The molecule has 0 bridgehead atoms. The number of halogens is 1. The molecule has 0 aliphatic rings. The van der Waals surface area contributed by atoms with Gasteiger partial charge in [-0.15, -0.1) is 0 Å². The molecule has 17 heavy (non-hydrogen) atoms. The largest absolute Gasteiger partial charge is 0.347 e. The van der Waals surface area contributed by atoms with Crippen LogP contribution in [0.1, 0.15) is 19.4 Å². The van der Waals surface area contributed by atoms with Gasteiger partial charge >= 0.3 is 6.03 Å². The van der Waals surface area contributed by atoms with Crippen LogP contribution in [0.4, 0.5) is 4.79 Å². The van der Waals surface area contributed by atoms with Crippen molar-refractivity contribution in [3.05, 3.63) is 41.4 Å². The van der Waals surface area contributed by atoms with Gasteiger partial charge < -0.3 is 0 Å². The molecule has 0 radical (unpaired) electrons. The summed E-state index contributed by atoms with van der Waals surface area (Å²) < 4.78 is 0. The lowest BCUT2D eigenvalue weighted by Crippen LogP contribution is -2.45. The van der Waals surface area contributed by atoms with Gasteiger partial charge in [-0.25, -0.2) is 10.6 Å². The monoisotopic (exact) mass is 256 g/mol. The quantitative estimate of drug-likeness (QED) is 0.380. The molecule has 1 rings (SSSR count). The van der Waals surface area contributed by atoms with Crippen LogP contribution in [0.2, 0.25) is 5.02 Å². The number of nitrogens with one attached hydrogen (secondary N) is 3. The fourth-order valence-corrected chi connectivity index (χ4v) is 1.02. The Labute approximate surface area is 106 Å². The maximum atomic E-state index is 10.7. The average Bonchev–Trinajstić information content (AvgIpc) is 2.38. The molecule has 0 aliphatic heterocycles. The number of hydrogen-bond donors (Lipinski definition) is 4. The molecule has 0 saturated heterocycles. The van der Waals surface area contributed by atoms with Gasteiger partial charge in [0.1, 0.15) is 0 Å².